The predicted molar refractivity (Wildman–Crippen MR) is 126 cm³/mol. The van der Waals surface area contributed by atoms with Gasteiger partial charge in [-0.3, -0.25) is 4.79 Å². The summed E-state index contributed by atoms with van der Waals surface area (Å²) in [7, 11) is 0. The average molecular weight is 479 g/mol. The van der Waals surface area contributed by atoms with Crippen LogP contribution in [0, 0.1) is 0 Å². The van der Waals surface area contributed by atoms with Gasteiger partial charge in [-0.25, -0.2) is 14.6 Å². The molecule has 1 aliphatic rings. The van der Waals surface area contributed by atoms with E-state index in [1.807, 2.05) is 48.5 Å². The minimum atomic E-state index is -1.41. The van der Waals surface area contributed by atoms with Crippen LogP contribution in [0.1, 0.15) is 29.7 Å². The van der Waals surface area contributed by atoms with Crippen molar-refractivity contribution in [1.29, 1.82) is 0 Å². The first kappa shape index (κ1) is 24.0. The maximum absolute atomic E-state index is 12.7. The van der Waals surface area contributed by atoms with E-state index in [9.17, 15) is 24.6 Å². The highest BCUT2D eigenvalue weighted by molar-refractivity contribution is 5.89. The van der Waals surface area contributed by atoms with Crippen LogP contribution in [0.2, 0.25) is 0 Å². The van der Waals surface area contributed by atoms with E-state index in [4.69, 9.17) is 4.74 Å². The number of fused-ring (bicyclic) bond motifs is 3. The fraction of sp³-hybridized carbons (Fsp3) is 0.280. The molecular weight excluding hydrogens is 452 g/mol. The maximum atomic E-state index is 12.7. The van der Waals surface area contributed by atoms with Crippen LogP contribution in [0.15, 0.2) is 61.1 Å². The van der Waals surface area contributed by atoms with Crippen molar-refractivity contribution >= 4 is 18.0 Å². The van der Waals surface area contributed by atoms with E-state index >= 15 is 0 Å². The number of ether oxygens (including phenoxy) is 1. The largest absolute Gasteiger partial charge is 0.480 e. The topological polar surface area (TPSA) is 154 Å². The summed E-state index contributed by atoms with van der Waals surface area (Å²) in [4.78, 5) is 43.6. The van der Waals surface area contributed by atoms with Crippen LogP contribution in [0.4, 0.5) is 4.79 Å². The summed E-state index contributed by atoms with van der Waals surface area (Å²) < 4.78 is 5.44. The van der Waals surface area contributed by atoms with Crippen molar-refractivity contribution in [3.63, 3.8) is 0 Å². The molecule has 2 amide bonds. The lowest BCUT2D eigenvalue weighted by Gasteiger charge is -2.23. The maximum Gasteiger partial charge on any atom is 0.407 e. The Balaban J connectivity index is 1.39. The minimum Gasteiger partial charge on any atom is -0.480 e. The number of carboxylic acids is 1. The SMILES string of the molecule is C[C@@H](O)[C@H](NC(=O)OCC1c2ccccc2-c2ccccc21)C(=O)N[C@@H](Cc1c[nH]cn1)C(=O)O. The van der Waals surface area contributed by atoms with Crippen molar-refractivity contribution in [3.05, 3.63) is 77.9 Å². The van der Waals surface area contributed by atoms with Gasteiger partial charge in [0, 0.05) is 18.5 Å². The molecular formula is C25H26N4O6. The third-order valence-corrected chi connectivity index (χ3v) is 5.96. The zero-order valence-corrected chi connectivity index (χ0v) is 19.0. The molecule has 0 spiro atoms. The Hall–Kier alpha value is -4.18. The van der Waals surface area contributed by atoms with Gasteiger partial charge in [0.2, 0.25) is 5.91 Å². The van der Waals surface area contributed by atoms with Crippen LogP contribution in [-0.2, 0) is 20.7 Å². The third-order valence-electron chi connectivity index (χ3n) is 5.96. The van der Waals surface area contributed by atoms with Gasteiger partial charge in [0.25, 0.3) is 0 Å². The number of carbonyl (C=O) groups excluding carboxylic acids is 2. The molecule has 0 fully saturated rings. The van der Waals surface area contributed by atoms with Gasteiger partial charge in [-0.15, -0.1) is 0 Å². The van der Waals surface area contributed by atoms with Gasteiger partial charge in [0.05, 0.1) is 18.1 Å². The summed E-state index contributed by atoms with van der Waals surface area (Å²) in [6.07, 6.45) is 0.654. The van der Waals surface area contributed by atoms with Crippen LogP contribution in [0.5, 0.6) is 0 Å². The van der Waals surface area contributed by atoms with Crippen LogP contribution in [0.25, 0.3) is 11.1 Å². The van der Waals surface area contributed by atoms with E-state index in [2.05, 4.69) is 20.6 Å². The molecule has 0 unspecified atom stereocenters. The number of imidazole rings is 1. The first-order chi connectivity index (χ1) is 16.8. The van der Waals surface area contributed by atoms with Crippen LogP contribution in [-0.4, -0.2) is 62.9 Å². The second-order valence-electron chi connectivity index (χ2n) is 8.35. The third kappa shape index (κ3) is 5.33. The number of aliphatic hydroxyl groups is 1. The van der Waals surface area contributed by atoms with Crippen molar-refractivity contribution in [2.24, 2.45) is 0 Å². The molecule has 10 heteroatoms. The van der Waals surface area contributed by atoms with Gasteiger partial charge in [0.1, 0.15) is 18.7 Å². The van der Waals surface area contributed by atoms with E-state index < -0.39 is 36.2 Å². The molecule has 0 radical (unpaired) electrons. The fourth-order valence-electron chi connectivity index (χ4n) is 4.25. The number of alkyl carbamates (subject to hydrolysis) is 1. The lowest BCUT2D eigenvalue weighted by molar-refractivity contribution is -0.142. The molecule has 0 saturated heterocycles. The lowest BCUT2D eigenvalue weighted by atomic mass is 9.98. The average Bonchev–Trinajstić information content (AvgIpc) is 3.46. The van der Waals surface area contributed by atoms with E-state index in [1.165, 1.54) is 19.4 Å². The molecule has 0 bridgehead atoms. The van der Waals surface area contributed by atoms with Gasteiger partial charge in [-0.05, 0) is 29.2 Å². The Morgan fingerprint density at radius 1 is 1.06 bits per heavy atom. The number of benzene rings is 2. The highest BCUT2D eigenvalue weighted by Crippen LogP contribution is 2.44. The number of aliphatic hydroxyl groups excluding tert-OH is 1. The summed E-state index contributed by atoms with van der Waals surface area (Å²) >= 11 is 0. The number of nitrogens with zero attached hydrogens (tertiary/aromatic N) is 1. The van der Waals surface area contributed by atoms with E-state index in [-0.39, 0.29) is 18.9 Å². The molecule has 5 N–H and O–H groups in total. The van der Waals surface area contributed by atoms with Crippen LogP contribution in [0.3, 0.4) is 0 Å². The van der Waals surface area contributed by atoms with Crippen molar-refractivity contribution < 1.29 is 29.3 Å². The molecule has 1 aromatic heterocycles. The summed E-state index contributed by atoms with van der Waals surface area (Å²) in [6, 6.07) is 13.1. The number of hydrogen-bond acceptors (Lipinski definition) is 6. The molecule has 10 nitrogen and oxygen atoms in total. The predicted octanol–water partition coefficient (Wildman–Crippen LogP) is 1.81. The molecule has 4 rings (SSSR count). The number of aliphatic carboxylic acids is 1. The highest BCUT2D eigenvalue weighted by atomic mass is 16.5. The van der Waals surface area contributed by atoms with Crippen LogP contribution < -0.4 is 10.6 Å². The Kier molecular flexibility index (Phi) is 7.11. The summed E-state index contributed by atoms with van der Waals surface area (Å²) in [6.45, 7) is 1.35. The number of rotatable bonds is 9. The van der Waals surface area contributed by atoms with Gasteiger partial charge in [0.15, 0.2) is 0 Å². The number of hydrogen-bond donors (Lipinski definition) is 5. The summed E-state index contributed by atoms with van der Waals surface area (Å²) in [5, 5.41) is 24.2. The smallest absolute Gasteiger partial charge is 0.407 e. The molecule has 2 aromatic carbocycles. The van der Waals surface area contributed by atoms with Gasteiger partial charge < -0.3 is 30.6 Å². The molecule has 182 valence electrons. The van der Waals surface area contributed by atoms with Gasteiger partial charge >= 0.3 is 12.1 Å². The number of carbonyl (C=O) groups is 3. The van der Waals surface area contributed by atoms with E-state index in [0.717, 1.165) is 22.3 Å². The lowest BCUT2D eigenvalue weighted by Crippen LogP contribution is -2.56. The van der Waals surface area contributed by atoms with Crippen molar-refractivity contribution in [3.8, 4) is 11.1 Å². The number of H-pyrrole nitrogens is 1. The Morgan fingerprint density at radius 2 is 1.69 bits per heavy atom. The number of nitrogens with one attached hydrogen (secondary N) is 3. The molecule has 1 aliphatic carbocycles. The first-order valence-electron chi connectivity index (χ1n) is 11.2. The minimum absolute atomic E-state index is 0.0327. The van der Waals surface area contributed by atoms with Gasteiger partial charge in [-0.2, -0.15) is 0 Å². The number of aromatic nitrogens is 2. The monoisotopic (exact) mass is 478 g/mol. The normalized spacial score (nSPS) is 14.8. The second-order valence-corrected chi connectivity index (χ2v) is 8.35. The second kappa shape index (κ2) is 10.4. The van der Waals surface area contributed by atoms with E-state index in [1.54, 1.807) is 0 Å². The van der Waals surface area contributed by atoms with Gasteiger partial charge in [-0.1, -0.05) is 48.5 Å². The van der Waals surface area contributed by atoms with Crippen molar-refractivity contribution in [2.45, 2.75) is 37.5 Å². The highest BCUT2D eigenvalue weighted by Gasteiger charge is 2.32. The Labute approximate surface area is 201 Å². The molecule has 0 aliphatic heterocycles. The Morgan fingerprint density at radius 3 is 2.23 bits per heavy atom. The van der Waals surface area contributed by atoms with Crippen molar-refractivity contribution in [1.82, 2.24) is 20.6 Å². The quantitative estimate of drug-likeness (QED) is 0.314. The molecule has 0 saturated carbocycles. The fourth-order valence-corrected chi connectivity index (χ4v) is 4.25. The Bertz CT molecular complexity index is 1160. The number of aromatic amines is 1. The zero-order valence-electron chi connectivity index (χ0n) is 19.0. The molecule has 1 heterocycles. The van der Waals surface area contributed by atoms with Crippen LogP contribution >= 0.6 is 0 Å². The number of amides is 2. The standard InChI is InChI=1S/C25H26N4O6/c1-14(30)22(23(31)28-21(24(32)33)10-15-11-26-13-27-15)29-25(34)35-12-20-18-8-4-2-6-16(18)17-7-3-5-9-19(17)20/h2-9,11,13-14,20-22,30H,10,12H2,1H3,(H,26,27)(H,28,31)(H,29,34)(H,32,33)/t14-,21+,22+/m1/s1. The first-order valence-corrected chi connectivity index (χ1v) is 11.2. The summed E-state index contributed by atoms with van der Waals surface area (Å²) in [5.74, 6) is -2.29. The summed E-state index contributed by atoms with van der Waals surface area (Å²) in [5.41, 5.74) is 4.67. The molecule has 3 aromatic rings. The van der Waals surface area contributed by atoms with Crippen molar-refractivity contribution in [2.75, 3.05) is 6.61 Å². The van der Waals surface area contributed by atoms with E-state index in [0.29, 0.717) is 5.69 Å². The number of carboxylic acid groups (broad SMARTS) is 1. The molecule has 3 atom stereocenters. The zero-order chi connectivity index (χ0) is 24.9. The molecule has 35 heavy (non-hydrogen) atoms.